The third-order valence-corrected chi connectivity index (χ3v) is 9.08. The molecule has 0 atom stereocenters. The number of hydrogen-bond acceptors (Lipinski definition) is 5. The molecule has 224 valence electrons. The van der Waals surface area contributed by atoms with Gasteiger partial charge in [0, 0.05) is 27.3 Å². The van der Waals surface area contributed by atoms with E-state index in [1.165, 1.54) is 16.5 Å². The zero-order valence-electron chi connectivity index (χ0n) is 25.6. The molecule has 10 aromatic rings. The van der Waals surface area contributed by atoms with Crippen molar-refractivity contribution < 1.29 is 8.83 Å². The van der Waals surface area contributed by atoms with E-state index in [1.54, 1.807) is 0 Å². The Hall–Kier alpha value is -6.59. The van der Waals surface area contributed by atoms with Crippen molar-refractivity contribution in [2.75, 3.05) is 0 Å². The number of para-hydroxylation sites is 1. The quantitative estimate of drug-likeness (QED) is 0.197. The van der Waals surface area contributed by atoms with Crippen molar-refractivity contribution in [1.29, 1.82) is 0 Å². The van der Waals surface area contributed by atoms with Crippen molar-refractivity contribution in [3.8, 4) is 45.5 Å². The van der Waals surface area contributed by atoms with Crippen LogP contribution in [-0.2, 0) is 0 Å². The number of nitrogens with zero attached hydrogens (tertiary/aromatic N) is 3. The second kappa shape index (κ2) is 10.5. The summed E-state index contributed by atoms with van der Waals surface area (Å²) in [4.78, 5) is 15.0. The number of rotatable bonds is 4. The van der Waals surface area contributed by atoms with Gasteiger partial charge in [-0.25, -0.2) is 15.0 Å². The zero-order valence-corrected chi connectivity index (χ0v) is 25.6. The fourth-order valence-electron chi connectivity index (χ4n) is 6.63. The van der Waals surface area contributed by atoms with Crippen LogP contribution in [0.15, 0.2) is 160 Å². The van der Waals surface area contributed by atoms with Gasteiger partial charge in [-0.1, -0.05) is 97.1 Å². The molecule has 5 heteroatoms. The van der Waals surface area contributed by atoms with Crippen molar-refractivity contribution in [2.45, 2.75) is 0 Å². The van der Waals surface area contributed by atoms with Gasteiger partial charge in [-0.3, -0.25) is 0 Å². The van der Waals surface area contributed by atoms with Crippen LogP contribution in [0.2, 0.25) is 0 Å². The molecule has 0 amide bonds. The smallest absolute Gasteiger partial charge is 0.199 e. The Morgan fingerprint density at radius 1 is 0.312 bits per heavy atom. The number of hydrogen-bond donors (Lipinski definition) is 0. The Bertz CT molecular complexity index is 2820. The van der Waals surface area contributed by atoms with Crippen molar-refractivity contribution in [3.05, 3.63) is 152 Å². The SMILES string of the molecule is c1ccc(-c2ccc3cc(-c4nc(-c5ccc6oc7cc8ccccc8cc7c6c5)nc(-c5cc6ccccc6o5)n4)ccc3c2)cc1. The average Bonchev–Trinajstić information content (AvgIpc) is 3.75. The lowest BCUT2D eigenvalue weighted by Gasteiger charge is -2.09. The van der Waals surface area contributed by atoms with Crippen LogP contribution in [-0.4, -0.2) is 15.0 Å². The molecule has 3 aromatic heterocycles. The number of aromatic nitrogens is 3. The second-order valence-corrected chi connectivity index (χ2v) is 12.1. The van der Waals surface area contributed by atoms with Gasteiger partial charge < -0.3 is 8.83 Å². The topological polar surface area (TPSA) is 65.0 Å². The first-order valence-corrected chi connectivity index (χ1v) is 15.9. The molecular formula is C43H25N3O2. The summed E-state index contributed by atoms with van der Waals surface area (Å²) >= 11 is 0. The lowest BCUT2D eigenvalue weighted by atomic mass is 10.00. The third kappa shape index (κ3) is 4.44. The van der Waals surface area contributed by atoms with Gasteiger partial charge in [-0.2, -0.15) is 0 Å². The molecule has 5 nitrogen and oxygen atoms in total. The van der Waals surface area contributed by atoms with Crippen LogP contribution in [0.4, 0.5) is 0 Å². The molecule has 3 heterocycles. The summed E-state index contributed by atoms with van der Waals surface area (Å²) in [5, 5.41) is 7.64. The fourth-order valence-corrected chi connectivity index (χ4v) is 6.63. The number of furan rings is 2. The van der Waals surface area contributed by atoms with Crippen LogP contribution in [0.25, 0.3) is 99.9 Å². The molecule has 48 heavy (non-hydrogen) atoms. The van der Waals surface area contributed by atoms with Crippen LogP contribution >= 0.6 is 0 Å². The van der Waals surface area contributed by atoms with E-state index < -0.39 is 0 Å². The van der Waals surface area contributed by atoms with E-state index in [1.807, 2.05) is 54.6 Å². The molecule has 0 saturated carbocycles. The lowest BCUT2D eigenvalue weighted by Crippen LogP contribution is -1.99. The van der Waals surface area contributed by atoms with E-state index in [9.17, 15) is 0 Å². The molecule has 7 aromatic carbocycles. The normalized spacial score (nSPS) is 11.8. The van der Waals surface area contributed by atoms with Gasteiger partial charge in [0.25, 0.3) is 0 Å². The maximum atomic E-state index is 6.28. The molecule has 0 unspecified atom stereocenters. The highest BCUT2D eigenvalue weighted by molar-refractivity contribution is 6.11. The van der Waals surface area contributed by atoms with Crippen LogP contribution in [0.3, 0.4) is 0 Å². The number of benzene rings is 7. The van der Waals surface area contributed by atoms with Gasteiger partial charge in [-0.05, 0) is 87.3 Å². The highest BCUT2D eigenvalue weighted by Crippen LogP contribution is 2.36. The van der Waals surface area contributed by atoms with Crippen LogP contribution < -0.4 is 0 Å². The van der Waals surface area contributed by atoms with Gasteiger partial charge in [0.2, 0.25) is 0 Å². The summed E-state index contributed by atoms with van der Waals surface area (Å²) < 4.78 is 12.5. The first kappa shape index (κ1) is 26.6. The first-order valence-electron chi connectivity index (χ1n) is 15.9. The van der Waals surface area contributed by atoms with Gasteiger partial charge in [-0.15, -0.1) is 0 Å². The second-order valence-electron chi connectivity index (χ2n) is 12.1. The van der Waals surface area contributed by atoms with Crippen LogP contribution in [0.1, 0.15) is 0 Å². The zero-order chi connectivity index (χ0) is 31.6. The third-order valence-electron chi connectivity index (χ3n) is 9.08. The molecule has 10 rings (SSSR count). The highest BCUT2D eigenvalue weighted by atomic mass is 16.3. The van der Waals surface area contributed by atoms with E-state index in [2.05, 4.69) is 97.1 Å². The van der Waals surface area contributed by atoms with E-state index in [0.29, 0.717) is 23.2 Å². The summed E-state index contributed by atoms with van der Waals surface area (Å²) in [6.07, 6.45) is 0. The Labute approximate surface area is 274 Å². The number of fused-ring (bicyclic) bond motifs is 6. The Morgan fingerprint density at radius 2 is 0.896 bits per heavy atom. The average molecular weight is 616 g/mol. The molecule has 0 bridgehead atoms. The molecule has 0 aliphatic rings. The fraction of sp³-hybridized carbons (Fsp3) is 0. The van der Waals surface area contributed by atoms with Crippen LogP contribution in [0, 0.1) is 0 Å². The van der Waals surface area contributed by atoms with E-state index in [4.69, 9.17) is 23.8 Å². The maximum Gasteiger partial charge on any atom is 0.199 e. The van der Waals surface area contributed by atoms with Crippen molar-refractivity contribution in [3.63, 3.8) is 0 Å². The summed E-state index contributed by atoms with van der Waals surface area (Å²) in [7, 11) is 0. The van der Waals surface area contributed by atoms with Gasteiger partial charge in [0.1, 0.15) is 16.7 Å². The Kier molecular flexibility index (Phi) is 5.81. The molecular weight excluding hydrogens is 590 g/mol. The maximum absolute atomic E-state index is 6.28. The predicted molar refractivity (Wildman–Crippen MR) is 194 cm³/mol. The molecule has 0 spiro atoms. The largest absolute Gasteiger partial charge is 0.456 e. The molecule has 0 aliphatic carbocycles. The molecule has 0 saturated heterocycles. The molecule has 0 N–H and O–H groups in total. The van der Waals surface area contributed by atoms with Gasteiger partial charge >= 0.3 is 0 Å². The summed E-state index contributed by atoms with van der Waals surface area (Å²) in [6.45, 7) is 0. The molecule has 0 fully saturated rings. The van der Waals surface area contributed by atoms with Crippen LogP contribution in [0.5, 0.6) is 0 Å². The standard InChI is InChI=1S/C43H25N3O2/c1-2-8-26(9-3-1)29-14-15-31-21-33(17-16-30(31)20-29)41-44-42(46-43(45-41)40-25-32-12-6-7-13-37(32)47-40)34-18-19-38-35(23-34)36-22-27-10-4-5-11-28(27)24-39(36)48-38/h1-25H. The van der Waals surface area contributed by atoms with Gasteiger partial charge in [0.15, 0.2) is 23.2 Å². The minimum Gasteiger partial charge on any atom is -0.456 e. The van der Waals surface area contributed by atoms with E-state index in [-0.39, 0.29) is 0 Å². The Balaban J connectivity index is 1.14. The summed E-state index contributed by atoms with van der Waals surface area (Å²) in [5.74, 6) is 2.21. The Morgan fingerprint density at radius 3 is 1.69 bits per heavy atom. The highest BCUT2D eigenvalue weighted by Gasteiger charge is 2.17. The van der Waals surface area contributed by atoms with Crippen molar-refractivity contribution in [1.82, 2.24) is 15.0 Å². The van der Waals surface area contributed by atoms with Crippen molar-refractivity contribution >= 4 is 54.5 Å². The summed E-state index contributed by atoms with van der Waals surface area (Å²) in [5.41, 5.74) is 6.60. The van der Waals surface area contributed by atoms with E-state index in [0.717, 1.165) is 60.2 Å². The minimum atomic E-state index is 0.480. The lowest BCUT2D eigenvalue weighted by molar-refractivity contribution is 0.625. The first-order chi connectivity index (χ1) is 23.7. The van der Waals surface area contributed by atoms with Crippen molar-refractivity contribution in [2.24, 2.45) is 0 Å². The monoisotopic (exact) mass is 615 g/mol. The predicted octanol–water partition coefficient (Wildman–Crippen LogP) is 11.5. The molecule has 0 aliphatic heterocycles. The van der Waals surface area contributed by atoms with Gasteiger partial charge in [0.05, 0.1) is 0 Å². The minimum absolute atomic E-state index is 0.480. The molecule has 0 radical (unpaired) electrons. The summed E-state index contributed by atoms with van der Waals surface area (Å²) in [6, 6.07) is 52.0. The van der Waals surface area contributed by atoms with E-state index >= 15 is 0 Å².